The second-order valence-electron chi connectivity index (χ2n) is 11.0. The number of fused-ring (bicyclic) bond motifs is 4. The minimum absolute atomic E-state index is 0.231. The Kier molecular flexibility index (Phi) is 7.63. The summed E-state index contributed by atoms with van der Waals surface area (Å²) in [6, 6.07) is 1.81. The van der Waals surface area contributed by atoms with Gasteiger partial charge in [-0.05, 0) is 85.9 Å². The zero-order chi connectivity index (χ0) is 20.1. The third-order valence-corrected chi connectivity index (χ3v) is 9.24. The van der Waals surface area contributed by atoms with Gasteiger partial charge in [0.15, 0.2) is 0 Å². The van der Waals surface area contributed by atoms with Crippen molar-refractivity contribution in [3.63, 3.8) is 0 Å². The molecule has 0 aromatic heterocycles. The molecule has 3 saturated carbocycles. The van der Waals surface area contributed by atoms with E-state index < -0.39 is 0 Å². The van der Waals surface area contributed by atoms with Crippen LogP contribution >= 0.6 is 0 Å². The van der Waals surface area contributed by atoms with Gasteiger partial charge in [-0.1, -0.05) is 59.3 Å². The maximum Gasteiger partial charge on any atom is 0.231 e. The lowest BCUT2D eigenvalue weighted by molar-refractivity contribution is -0.114. The molecule has 0 saturated heterocycles. The lowest BCUT2D eigenvalue weighted by Gasteiger charge is -2.48. The minimum Gasteiger partial charge on any atom is -0.283 e. The second-order valence-corrected chi connectivity index (χ2v) is 11.0. The Hall–Kier alpha value is -0.840. The molecule has 3 aliphatic rings. The number of ketones is 1. The predicted molar refractivity (Wildman–Crippen MR) is 116 cm³/mol. The Bertz CT molecular complexity index is 563. The first kappa shape index (κ1) is 21.9. The third kappa shape index (κ3) is 5.01. The smallest absolute Gasteiger partial charge is 0.231 e. The molecular weight excluding hydrogens is 342 g/mol. The molecule has 0 aromatic carbocycles. The monoisotopic (exact) mass is 385 g/mol. The van der Waals surface area contributed by atoms with Crippen LogP contribution in [0.3, 0.4) is 0 Å². The molecular formula is C26H43NO. The van der Waals surface area contributed by atoms with Gasteiger partial charge in [0.1, 0.15) is 6.07 Å². The van der Waals surface area contributed by atoms with Crippen LogP contribution in [0.4, 0.5) is 0 Å². The Morgan fingerprint density at radius 1 is 1.04 bits per heavy atom. The van der Waals surface area contributed by atoms with Crippen molar-refractivity contribution in [2.75, 3.05) is 0 Å². The van der Waals surface area contributed by atoms with E-state index in [2.05, 4.69) is 20.8 Å². The van der Waals surface area contributed by atoms with E-state index in [1.165, 1.54) is 77.0 Å². The standard InChI is InChI=1S/C26H43NO/c1-19-9-7-5-4-6-8-10-24-21-12-14-25(20(2)11-13-22(28)18-27)26(3,17-21)16-15-23(19)24/h19-21,23-25H,4-17H2,1-3H3. The van der Waals surface area contributed by atoms with Crippen LogP contribution in [0, 0.1) is 52.3 Å². The first-order valence-corrected chi connectivity index (χ1v) is 12.4. The number of Topliss-reactive ketones (excluding diaryl/α,β-unsaturated/α-hetero) is 1. The van der Waals surface area contributed by atoms with Gasteiger partial charge in [-0.3, -0.25) is 4.79 Å². The van der Waals surface area contributed by atoms with E-state index in [4.69, 9.17) is 5.26 Å². The Morgan fingerprint density at radius 2 is 1.75 bits per heavy atom. The molecule has 3 rings (SSSR count). The second kappa shape index (κ2) is 9.77. The van der Waals surface area contributed by atoms with Gasteiger partial charge in [-0.2, -0.15) is 5.26 Å². The number of rotatable bonds is 4. The molecule has 0 amide bonds. The van der Waals surface area contributed by atoms with Crippen molar-refractivity contribution in [1.82, 2.24) is 0 Å². The summed E-state index contributed by atoms with van der Waals surface area (Å²) in [5, 5.41) is 8.82. The van der Waals surface area contributed by atoms with Crippen LogP contribution in [-0.4, -0.2) is 5.78 Å². The van der Waals surface area contributed by atoms with Gasteiger partial charge in [-0.25, -0.2) is 0 Å². The molecule has 0 aliphatic heterocycles. The molecule has 2 heteroatoms. The molecule has 2 nitrogen and oxygen atoms in total. The summed E-state index contributed by atoms with van der Waals surface area (Å²) in [7, 11) is 0. The zero-order valence-corrected chi connectivity index (χ0v) is 18.7. The third-order valence-electron chi connectivity index (χ3n) is 9.24. The normalized spacial score (nSPS) is 40.4. The summed E-state index contributed by atoms with van der Waals surface area (Å²) in [4.78, 5) is 11.5. The average molecular weight is 386 g/mol. The van der Waals surface area contributed by atoms with E-state index in [1.807, 2.05) is 6.07 Å². The highest BCUT2D eigenvalue weighted by Crippen LogP contribution is 2.58. The van der Waals surface area contributed by atoms with Crippen molar-refractivity contribution in [2.45, 2.75) is 111 Å². The van der Waals surface area contributed by atoms with Crippen LogP contribution in [0.15, 0.2) is 0 Å². The summed E-state index contributed by atoms with van der Waals surface area (Å²) in [5.74, 6) is 4.81. The number of nitriles is 1. The average Bonchev–Trinajstić information content (AvgIpc) is 2.79. The van der Waals surface area contributed by atoms with Gasteiger partial charge < -0.3 is 0 Å². The van der Waals surface area contributed by atoms with Crippen molar-refractivity contribution in [3.05, 3.63) is 0 Å². The topological polar surface area (TPSA) is 40.9 Å². The maximum atomic E-state index is 11.5. The highest BCUT2D eigenvalue weighted by atomic mass is 16.1. The molecule has 0 aromatic rings. The molecule has 2 bridgehead atoms. The molecule has 7 atom stereocenters. The van der Waals surface area contributed by atoms with Gasteiger partial charge in [0, 0.05) is 6.42 Å². The molecule has 3 fully saturated rings. The van der Waals surface area contributed by atoms with Gasteiger partial charge in [0.2, 0.25) is 5.78 Å². The van der Waals surface area contributed by atoms with Crippen molar-refractivity contribution in [1.29, 1.82) is 5.26 Å². The molecule has 3 aliphatic carbocycles. The van der Waals surface area contributed by atoms with Gasteiger partial charge >= 0.3 is 0 Å². The number of carbonyl (C=O) groups excluding carboxylic acids is 1. The first-order chi connectivity index (χ1) is 13.4. The lowest BCUT2D eigenvalue weighted by Crippen LogP contribution is -2.39. The van der Waals surface area contributed by atoms with Gasteiger partial charge in [0.25, 0.3) is 0 Å². The first-order valence-electron chi connectivity index (χ1n) is 12.4. The summed E-state index contributed by atoms with van der Waals surface area (Å²) in [6.07, 6.45) is 18.5. The molecule has 28 heavy (non-hydrogen) atoms. The zero-order valence-electron chi connectivity index (χ0n) is 18.7. The lowest BCUT2D eigenvalue weighted by atomic mass is 9.57. The van der Waals surface area contributed by atoms with E-state index in [9.17, 15) is 4.79 Å². The van der Waals surface area contributed by atoms with E-state index in [0.29, 0.717) is 17.8 Å². The quantitative estimate of drug-likeness (QED) is 0.475. The Morgan fingerprint density at radius 3 is 2.50 bits per heavy atom. The SMILES string of the molecule is CC1CCCCCCCC2C3CCC(C(C)CCC(=O)C#N)C(C)(CCC12)C3. The molecule has 0 heterocycles. The van der Waals surface area contributed by atoms with Crippen molar-refractivity contribution in [3.8, 4) is 6.07 Å². The molecule has 158 valence electrons. The maximum absolute atomic E-state index is 11.5. The number of nitrogens with zero attached hydrogens (tertiary/aromatic N) is 1. The minimum atomic E-state index is -0.231. The molecule has 7 unspecified atom stereocenters. The molecule has 0 N–H and O–H groups in total. The number of carbonyl (C=O) groups is 1. The van der Waals surface area contributed by atoms with E-state index in [1.54, 1.807) is 0 Å². The fourth-order valence-corrected chi connectivity index (χ4v) is 7.64. The van der Waals surface area contributed by atoms with E-state index in [0.717, 1.165) is 36.0 Å². The molecule has 0 radical (unpaired) electrons. The van der Waals surface area contributed by atoms with Gasteiger partial charge in [-0.15, -0.1) is 0 Å². The van der Waals surface area contributed by atoms with Crippen LogP contribution in [0.1, 0.15) is 111 Å². The van der Waals surface area contributed by atoms with Crippen molar-refractivity contribution in [2.24, 2.45) is 40.9 Å². The summed E-state index contributed by atoms with van der Waals surface area (Å²) >= 11 is 0. The largest absolute Gasteiger partial charge is 0.283 e. The summed E-state index contributed by atoms with van der Waals surface area (Å²) in [6.45, 7) is 7.49. The van der Waals surface area contributed by atoms with Crippen LogP contribution in [0.25, 0.3) is 0 Å². The number of hydrogen-bond acceptors (Lipinski definition) is 2. The Labute approximate surface area is 173 Å². The van der Waals surface area contributed by atoms with Crippen LogP contribution in [0.2, 0.25) is 0 Å². The van der Waals surface area contributed by atoms with E-state index in [-0.39, 0.29) is 5.78 Å². The van der Waals surface area contributed by atoms with E-state index >= 15 is 0 Å². The summed E-state index contributed by atoms with van der Waals surface area (Å²) < 4.78 is 0. The van der Waals surface area contributed by atoms with Crippen LogP contribution < -0.4 is 0 Å². The molecule has 0 spiro atoms. The van der Waals surface area contributed by atoms with Crippen molar-refractivity contribution >= 4 is 5.78 Å². The predicted octanol–water partition coefficient (Wildman–Crippen LogP) is 7.32. The number of hydrogen-bond donors (Lipinski definition) is 0. The fourth-order valence-electron chi connectivity index (χ4n) is 7.64. The van der Waals surface area contributed by atoms with Crippen molar-refractivity contribution < 1.29 is 4.79 Å². The van der Waals surface area contributed by atoms with Crippen LogP contribution in [0.5, 0.6) is 0 Å². The van der Waals surface area contributed by atoms with Crippen LogP contribution in [-0.2, 0) is 4.79 Å². The summed E-state index contributed by atoms with van der Waals surface area (Å²) in [5.41, 5.74) is 0.449. The fraction of sp³-hybridized carbons (Fsp3) is 0.923. The van der Waals surface area contributed by atoms with Gasteiger partial charge in [0.05, 0.1) is 0 Å². The highest BCUT2D eigenvalue weighted by molar-refractivity contribution is 5.93. The Balaban J connectivity index is 1.73. The highest BCUT2D eigenvalue weighted by Gasteiger charge is 2.48.